The van der Waals surface area contributed by atoms with Gasteiger partial charge in [-0.25, -0.2) is 0 Å². The lowest BCUT2D eigenvalue weighted by molar-refractivity contribution is 1.30. The Hall–Kier alpha value is -1.18. The van der Waals surface area contributed by atoms with Gasteiger partial charge in [0.15, 0.2) is 0 Å². The van der Waals surface area contributed by atoms with Crippen molar-refractivity contribution in [2.75, 3.05) is 0 Å². The Bertz CT molecular complexity index is 154. The molecule has 50 valence electrons. The first-order valence-electron chi connectivity index (χ1n) is 2.72. The maximum atomic E-state index is 5.43. The van der Waals surface area contributed by atoms with Crippen LogP contribution in [0.2, 0.25) is 0 Å². The molecular formula is C7H12N2. The molecule has 9 heavy (non-hydrogen) atoms. The summed E-state index contributed by atoms with van der Waals surface area (Å²) in [6.07, 6.45) is 4.88. The zero-order chi connectivity index (χ0) is 7.28. The molecule has 0 aromatic rings. The average molecular weight is 124 g/mol. The minimum atomic E-state index is 0.563. The number of allylic oxidation sites excluding steroid dienone is 2. The van der Waals surface area contributed by atoms with Gasteiger partial charge in [-0.05, 0) is 12.5 Å². The van der Waals surface area contributed by atoms with Crippen LogP contribution in [0, 0.1) is 0 Å². The normalized spacial score (nSPS) is 13.4. The molecule has 0 heterocycles. The molecule has 2 nitrogen and oxygen atoms in total. The highest BCUT2D eigenvalue weighted by Gasteiger charge is 1.89. The van der Waals surface area contributed by atoms with E-state index in [1.807, 2.05) is 13.0 Å². The van der Waals surface area contributed by atoms with Gasteiger partial charge in [-0.3, -0.25) is 0 Å². The van der Waals surface area contributed by atoms with E-state index in [9.17, 15) is 0 Å². The predicted octanol–water partition coefficient (Wildman–Crippen LogP) is 0.878. The summed E-state index contributed by atoms with van der Waals surface area (Å²) in [5.41, 5.74) is 12.0. The van der Waals surface area contributed by atoms with E-state index in [1.165, 1.54) is 6.20 Å². The van der Waals surface area contributed by atoms with Crippen LogP contribution in [0.4, 0.5) is 0 Å². The lowest BCUT2D eigenvalue weighted by Gasteiger charge is -1.97. The summed E-state index contributed by atoms with van der Waals surface area (Å²) in [7, 11) is 0. The van der Waals surface area contributed by atoms with E-state index in [4.69, 9.17) is 11.5 Å². The first kappa shape index (κ1) is 7.82. The zero-order valence-electron chi connectivity index (χ0n) is 5.59. The quantitative estimate of drug-likeness (QED) is 0.537. The van der Waals surface area contributed by atoms with E-state index in [2.05, 4.69) is 6.58 Å². The van der Waals surface area contributed by atoms with Crippen LogP contribution in [-0.4, -0.2) is 0 Å². The summed E-state index contributed by atoms with van der Waals surface area (Å²) < 4.78 is 0. The summed E-state index contributed by atoms with van der Waals surface area (Å²) in [5.74, 6) is 0. The van der Waals surface area contributed by atoms with E-state index in [-0.39, 0.29) is 0 Å². The van der Waals surface area contributed by atoms with Crippen LogP contribution in [0.1, 0.15) is 6.92 Å². The minimum absolute atomic E-state index is 0.563. The van der Waals surface area contributed by atoms with Gasteiger partial charge in [0.2, 0.25) is 0 Å². The molecule has 0 bridgehead atoms. The number of hydrogen-bond acceptors (Lipinski definition) is 2. The topological polar surface area (TPSA) is 52.0 Å². The number of hydrogen-bond donors (Lipinski definition) is 2. The third-order valence-corrected chi connectivity index (χ3v) is 1.04. The number of rotatable bonds is 2. The van der Waals surface area contributed by atoms with E-state index < -0.39 is 0 Å². The van der Waals surface area contributed by atoms with Gasteiger partial charge in [-0.1, -0.05) is 18.7 Å². The fourth-order valence-electron chi connectivity index (χ4n) is 0.499. The highest BCUT2D eigenvalue weighted by atomic mass is 14.6. The van der Waals surface area contributed by atoms with Crippen molar-refractivity contribution in [2.24, 2.45) is 11.5 Å². The molecule has 0 radical (unpaired) electrons. The van der Waals surface area contributed by atoms with Crippen molar-refractivity contribution in [3.63, 3.8) is 0 Å². The van der Waals surface area contributed by atoms with E-state index >= 15 is 0 Å². The van der Waals surface area contributed by atoms with Crippen molar-refractivity contribution in [3.8, 4) is 0 Å². The lowest BCUT2D eigenvalue weighted by Crippen LogP contribution is -2.01. The van der Waals surface area contributed by atoms with Gasteiger partial charge in [-0.2, -0.15) is 0 Å². The molecule has 0 aromatic carbocycles. The molecule has 0 aliphatic rings. The molecule has 0 saturated heterocycles. The minimum Gasteiger partial charge on any atom is -0.403 e. The van der Waals surface area contributed by atoms with E-state index in [0.717, 1.165) is 5.57 Å². The summed E-state index contributed by atoms with van der Waals surface area (Å²) >= 11 is 0. The van der Waals surface area contributed by atoms with Crippen molar-refractivity contribution >= 4 is 0 Å². The van der Waals surface area contributed by atoms with Gasteiger partial charge in [0.1, 0.15) is 0 Å². The Labute approximate surface area is 55.5 Å². The molecule has 0 amide bonds. The highest BCUT2D eigenvalue weighted by Crippen LogP contribution is 2.01. The third kappa shape index (κ3) is 2.04. The predicted molar refractivity (Wildman–Crippen MR) is 40.4 cm³/mol. The third-order valence-electron chi connectivity index (χ3n) is 1.04. The van der Waals surface area contributed by atoms with Crippen molar-refractivity contribution in [1.29, 1.82) is 0 Å². The monoisotopic (exact) mass is 124 g/mol. The molecule has 2 heteroatoms. The molecule has 0 aliphatic carbocycles. The van der Waals surface area contributed by atoms with Crippen molar-refractivity contribution < 1.29 is 0 Å². The molecule has 0 aromatic heterocycles. The molecule has 4 N–H and O–H groups in total. The maximum Gasteiger partial charge on any atom is 0.0541 e. The molecule has 0 spiro atoms. The SMILES string of the molecule is C=CC(=C\C)/C(N)=C\N. The second-order valence-corrected chi connectivity index (χ2v) is 1.57. The van der Waals surface area contributed by atoms with Gasteiger partial charge in [-0.15, -0.1) is 0 Å². The van der Waals surface area contributed by atoms with Gasteiger partial charge >= 0.3 is 0 Å². The van der Waals surface area contributed by atoms with E-state index in [1.54, 1.807) is 6.08 Å². The second kappa shape index (κ2) is 3.78. The molecule has 0 rings (SSSR count). The molecule has 0 saturated carbocycles. The Kier molecular flexibility index (Phi) is 3.28. The van der Waals surface area contributed by atoms with Gasteiger partial charge in [0.25, 0.3) is 0 Å². The highest BCUT2D eigenvalue weighted by molar-refractivity contribution is 5.35. The summed E-state index contributed by atoms with van der Waals surface area (Å²) in [6.45, 7) is 5.44. The number of nitrogens with two attached hydrogens (primary N) is 2. The summed E-state index contributed by atoms with van der Waals surface area (Å²) in [5, 5.41) is 0. The lowest BCUT2D eigenvalue weighted by atomic mass is 10.2. The first-order valence-corrected chi connectivity index (χ1v) is 2.72. The van der Waals surface area contributed by atoms with Crippen LogP contribution in [0.5, 0.6) is 0 Å². The fraction of sp³-hybridized carbons (Fsp3) is 0.143. The van der Waals surface area contributed by atoms with Crippen molar-refractivity contribution in [3.05, 3.63) is 36.2 Å². The van der Waals surface area contributed by atoms with E-state index in [0.29, 0.717) is 5.70 Å². The largest absolute Gasteiger partial charge is 0.403 e. The average Bonchev–Trinajstić information content (AvgIpc) is 1.90. The summed E-state index contributed by atoms with van der Waals surface area (Å²) in [4.78, 5) is 0. The maximum absolute atomic E-state index is 5.43. The molecule has 0 aliphatic heterocycles. The van der Waals surface area contributed by atoms with Gasteiger partial charge < -0.3 is 11.5 Å². The van der Waals surface area contributed by atoms with Crippen LogP contribution in [0.15, 0.2) is 36.2 Å². The first-order chi connectivity index (χ1) is 4.26. The van der Waals surface area contributed by atoms with Crippen LogP contribution in [0.3, 0.4) is 0 Å². The fourth-order valence-corrected chi connectivity index (χ4v) is 0.499. The molecule has 0 atom stereocenters. The Balaban J connectivity index is 4.32. The second-order valence-electron chi connectivity index (χ2n) is 1.57. The zero-order valence-corrected chi connectivity index (χ0v) is 5.59. The Morgan fingerprint density at radius 3 is 2.22 bits per heavy atom. The molecule has 0 unspecified atom stereocenters. The van der Waals surface area contributed by atoms with Crippen LogP contribution < -0.4 is 11.5 Å². The van der Waals surface area contributed by atoms with Crippen molar-refractivity contribution in [2.45, 2.75) is 6.92 Å². The van der Waals surface area contributed by atoms with Crippen LogP contribution in [-0.2, 0) is 0 Å². The molecular weight excluding hydrogens is 112 g/mol. The Morgan fingerprint density at radius 2 is 2.11 bits per heavy atom. The summed E-state index contributed by atoms with van der Waals surface area (Å²) in [6, 6.07) is 0. The van der Waals surface area contributed by atoms with Crippen LogP contribution >= 0.6 is 0 Å². The van der Waals surface area contributed by atoms with Gasteiger partial charge in [0, 0.05) is 6.20 Å². The van der Waals surface area contributed by atoms with Crippen molar-refractivity contribution in [1.82, 2.24) is 0 Å². The Morgan fingerprint density at radius 1 is 1.56 bits per heavy atom. The smallest absolute Gasteiger partial charge is 0.0541 e. The van der Waals surface area contributed by atoms with Gasteiger partial charge in [0.05, 0.1) is 5.70 Å². The van der Waals surface area contributed by atoms with Crippen LogP contribution in [0.25, 0.3) is 0 Å². The standard InChI is InChI=1S/C7H12N2/c1-3-6(4-2)7(9)5-8/h3-5H,1,8-9H2,2H3/b6-4+,7-5+. The molecule has 0 fully saturated rings.